The van der Waals surface area contributed by atoms with Gasteiger partial charge in [-0.1, -0.05) is 15.9 Å². The number of ether oxygens (including phenoxy) is 2. The SMILES string of the molecule is COC(=O)C1CC2(Br)CC=C(C(N)=O)OC2N1C(C)=O. The Morgan fingerprint density at radius 3 is 2.70 bits per heavy atom. The average Bonchev–Trinajstić information content (AvgIpc) is 2.69. The van der Waals surface area contributed by atoms with Crippen molar-refractivity contribution in [2.45, 2.75) is 36.4 Å². The molecule has 2 rings (SSSR count). The predicted octanol–water partition coefficient (Wildman–Crippen LogP) is 0.0295. The lowest BCUT2D eigenvalue weighted by Gasteiger charge is -2.36. The maximum absolute atomic E-state index is 11.8. The summed E-state index contributed by atoms with van der Waals surface area (Å²) < 4.78 is 9.60. The van der Waals surface area contributed by atoms with Crippen molar-refractivity contribution in [3.8, 4) is 0 Å². The van der Waals surface area contributed by atoms with E-state index in [9.17, 15) is 14.4 Å². The molecular weight excluding hydrogens is 332 g/mol. The van der Waals surface area contributed by atoms with Gasteiger partial charge in [0.2, 0.25) is 5.91 Å². The summed E-state index contributed by atoms with van der Waals surface area (Å²) in [6, 6.07) is -0.748. The van der Waals surface area contributed by atoms with Crippen LogP contribution in [0.15, 0.2) is 11.8 Å². The number of carbonyl (C=O) groups excluding carboxylic acids is 3. The molecule has 1 fully saturated rings. The van der Waals surface area contributed by atoms with E-state index in [4.69, 9.17) is 15.2 Å². The van der Waals surface area contributed by atoms with Gasteiger partial charge in [-0.15, -0.1) is 0 Å². The van der Waals surface area contributed by atoms with E-state index in [1.807, 2.05) is 0 Å². The lowest BCUT2D eigenvalue weighted by molar-refractivity contribution is -0.157. The van der Waals surface area contributed by atoms with E-state index in [0.29, 0.717) is 12.8 Å². The molecule has 2 aliphatic rings. The number of nitrogens with zero attached hydrogens (tertiary/aromatic N) is 1. The summed E-state index contributed by atoms with van der Waals surface area (Å²) in [6.07, 6.45) is 1.56. The third-order valence-corrected chi connectivity index (χ3v) is 4.55. The van der Waals surface area contributed by atoms with Gasteiger partial charge in [0, 0.05) is 6.92 Å². The number of methoxy groups -OCH3 is 1. The molecule has 3 atom stereocenters. The fourth-order valence-electron chi connectivity index (χ4n) is 2.59. The highest BCUT2D eigenvalue weighted by molar-refractivity contribution is 9.10. The van der Waals surface area contributed by atoms with E-state index in [-0.39, 0.29) is 11.7 Å². The Bertz CT molecular complexity index is 506. The third kappa shape index (κ3) is 2.28. The zero-order valence-corrected chi connectivity index (χ0v) is 12.7. The smallest absolute Gasteiger partial charge is 0.328 e. The molecule has 3 unspecified atom stereocenters. The fourth-order valence-corrected chi connectivity index (χ4v) is 3.37. The van der Waals surface area contributed by atoms with Crippen LogP contribution in [0.2, 0.25) is 0 Å². The van der Waals surface area contributed by atoms with Crippen molar-refractivity contribution < 1.29 is 23.9 Å². The van der Waals surface area contributed by atoms with Crippen molar-refractivity contribution in [3.05, 3.63) is 11.8 Å². The maximum atomic E-state index is 11.8. The number of allylic oxidation sites excluding steroid dienone is 1. The van der Waals surface area contributed by atoms with Crippen LogP contribution in [-0.2, 0) is 23.9 Å². The van der Waals surface area contributed by atoms with Gasteiger partial charge < -0.3 is 15.2 Å². The highest BCUT2D eigenvalue weighted by Crippen LogP contribution is 2.47. The minimum Gasteiger partial charge on any atom is -0.467 e. The van der Waals surface area contributed by atoms with Crippen LogP contribution in [0.5, 0.6) is 0 Å². The van der Waals surface area contributed by atoms with Gasteiger partial charge in [0.1, 0.15) is 6.04 Å². The van der Waals surface area contributed by atoms with Crippen molar-refractivity contribution in [2.24, 2.45) is 5.73 Å². The Hall–Kier alpha value is -1.57. The summed E-state index contributed by atoms with van der Waals surface area (Å²) in [5, 5.41) is 0. The molecule has 1 saturated heterocycles. The molecule has 0 aliphatic carbocycles. The van der Waals surface area contributed by atoms with E-state index in [0.717, 1.165) is 0 Å². The maximum Gasteiger partial charge on any atom is 0.328 e. The number of nitrogens with two attached hydrogens (primary N) is 1. The first kappa shape index (κ1) is 14.8. The van der Waals surface area contributed by atoms with Gasteiger partial charge in [0.25, 0.3) is 5.91 Å². The molecule has 0 bridgehead atoms. The van der Waals surface area contributed by atoms with Crippen molar-refractivity contribution in [1.29, 1.82) is 0 Å². The second-order valence-electron chi connectivity index (χ2n) is 4.81. The van der Waals surface area contributed by atoms with Crippen LogP contribution >= 0.6 is 15.9 Å². The monoisotopic (exact) mass is 346 g/mol. The molecule has 0 spiro atoms. The highest BCUT2D eigenvalue weighted by Gasteiger charge is 2.57. The van der Waals surface area contributed by atoms with Crippen LogP contribution in [0.3, 0.4) is 0 Å². The molecule has 2 N–H and O–H groups in total. The summed E-state index contributed by atoms with van der Waals surface area (Å²) in [4.78, 5) is 36.2. The van der Waals surface area contributed by atoms with Crippen molar-refractivity contribution in [3.63, 3.8) is 0 Å². The number of likely N-dealkylation sites (tertiary alicyclic amines) is 1. The largest absolute Gasteiger partial charge is 0.467 e. The molecule has 8 heteroatoms. The van der Waals surface area contributed by atoms with Crippen LogP contribution in [0.4, 0.5) is 0 Å². The van der Waals surface area contributed by atoms with Crippen molar-refractivity contribution in [2.75, 3.05) is 7.11 Å². The summed E-state index contributed by atoms with van der Waals surface area (Å²) in [5.41, 5.74) is 5.19. The Kier molecular flexibility index (Phi) is 3.77. The molecule has 20 heavy (non-hydrogen) atoms. The number of halogens is 1. The molecule has 0 aromatic rings. The van der Waals surface area contributed by atoms with Gasteiger partial charge in [0.15, 0.2) is 12.0 Å². The fraction of sp³-hybridized carbons (Fsp3) is 0.583. The van der Waals surface area contributed by atoms with Gasteiger partial charge >= 0.3 is 5.97 Å². The molecule has 0 aromatic heterocycles. The first-order valence-electron chi connectivity index (χ1n) is 6.02. The molecule has 0 aromatic carbocycles. The molecule has 2 heterocycles. The van der Waals surface area contributed by atoms with Crippen molar-refractivity contribution >= 4 is 33.7 Å². The average molecular weight is 347 g/mol. The Morgan fingerprint density at radius 1 is 1.55 bits per heavy atom. The van der Waals surface area contributed by atoms with Crippen LogP contribution in [-0.4, -0.2) is 46.4 Å². The van der Waals surface area contributed by atoms with Crippen molar-refractivity contribution in [1.82, 2.24) is 4.90 Å². The predicted molar refractivity (Wildman–Crippen MR) is 71.4 cm³/mol. The molecule has 2 amide bonds. The summed E-state index contributed by atoms with van der Waals surface area (Å²) in [7, 11) is 1.26. The molecule has 110 valence electrons. The topological polar surface area (TPSA) is 98.9 Å². The number of amides is 2. The first-order valence-corrected chi connectivity index (χ1v) is 6.81. The number of fused-ring (bicyclic) bond motifs is 1. The second-order valence-corrected chi connectivity index (χ2v) is 6.39. The zero-order valence-electron chi connectivity index (χ0n) is 11.1. The van der Waals surface area contributed by atoms with E-state index in [2.05, 4.69) is 15.9 Å². The number of alkyl halides is 1. The van der Waals surface area contributed by atoms with E-state index in [1.165, 1.54) is 18.9 Å². The van der Waals surface area contributed by atoms with Gasteiger partial charge in [-0.2, -0.15) is 0 Å². The van der Waals surface area contributed by atoms with Crippen LogP contribution in [0, 0.1) is 0 Å². The standard InChI is InChI=1S/C12H15BrN2O5/c1-6(16)15-7(10(18)19-2)5-12(13)4-3-8(9(14)17)20-11(12)15/h3,7,11H,4-5H2,1-2H3,(H2,14,17). The number of primary amides is 1. The molecule has 0 radical (unpaired) electrons. The summed E-state index contributed by atoms with van der Waals surface area (Å²) >= 11 is 3.52. The van der Waals surface area contributed by atoms with Crippen LogP contribution in [0.25, 0.3) is 0 Å². The highest BCUT2D eigenvalue weighted by atomic mass is 79.9. The summed E-state index contributed by atoms with van der Waals surface area (Å²) in [5.74, 6) is -1.55. The van der Waals surface area contributed by atoms with Gasteiger partial charge in [-0.3, -0.25) is 14.5 Å². The van der Waals surface area contributed by atoms with E-state index < -0.39 is 28.5 Å². The van der Waals surface area contributed by atoms with Gasteiger partial charge in [0.05, 0.1) is 11.4 Å². The lowest BCUT2D eigenvalue weighted by Crippen LogP contribution is -2.50. The minimum absolute atomic E-state index is 0.00170. The Morgan fingerprint density at radius 2 is 2.20 bits per heavy atom. The van der Waals surface area contributed by atoms with E-state index in [1.54, 1.807) is 6.08 Å². The Labute approximate surface area is 124 Å². The number of carbonyl (C=O) groups is 3. The number of hydrogen-bond acceptors (Lipinski definition) is 5. The quantitative estimate of drug-likeness (QED) is 0.561. The number of esters is 1. The molecule has 7 nitrogen and oxygen atoms in total. The number of rotatable bonds is 2. The van der Waals surface area contributed by atoms with E-state index >= 15 is 0 Å². The molecule has 2 aliphatic heterocycles. The Balaban J connectivity index is 2.36. The molecular formula is C12H15BrN2O5. The normalized spacial score (nSPS) is 31.9. The minimum atomic E-state index is -0.767. The third-order valence-electron chi connectivity index (χ3n) is 3.51. The van der Waals surface area contributed by atoms with Gasteiger partial charge in [-0.25, -0.2) is 4.79 Å². The zero-order chi connectivity index (χ0) is 15.1. The van der Waals surface area contributed by atoms with Gasteiger partial charge in [-0.05, 0) is 18.9 Å². The molecule has 0 saturated carbocycles. The van der Waals surface area contributed by atoms with Crippen LogP contribution < -0.4 is 5.73 Å². The number of hydrogen-bond donors (Lipinski definition) is 1. The van der Waals surface area contributed by atoms with Crippen LogP contribution in [0.1, 0.15) is 19.8 Å². The first-order chi connectivity index (χ1) is 9.30. The summed E-state index contributed by atoms with van der Waals surface area (Å²) in [6.45, 7) is 1.33. The second kappa shape index (κ2) is 5.08. The lowest BCUT2D eigenvalue weighted by atomic mass is 9.97.